The van der Waals surface area contributed by atoms with E-state index in [4.69, 9.17) is 0 Å². The van der Waals surface area contributed by atoms with Gasteiger partial charge in [0.25, 0.3) is 0 Å². The molecule has 0 fully saturated rings. The molecule has 1 N–H and O–H groups in total. The topological polar surface area (TPSA) is 50.2 Å². The van der Waals surface area contributed by atoms with Gasteiger partial charge in [0.1, 0.15) is 0 Å². The average molecular weight is 589 g/mol. The van der Waals surface area contributed by atoms with E-state index in [2.05, 4.69) is 123 Å². The summed E-state index contributed by atoms with van der Waals surface area (Å²) < 4.78 is 0. The van der Waals surface area contributed by atoms with Crippen molar-refractivity contribution in [3.63, 3.8) is 0 Å². The highest BCUT2D eigenvalue weighted by atomic mass is 14.9. The normalized spacial score (nSPS) is 12.9. The maximum atomic E-state index is 4.41. The zero-order valence-corrected chi connectivity index (χ0v) is 25.0. The third-order valence-corrected chi connectivity index (χ3v) is 9.13. The van der Waals surface area contributed by atoms with Crippen LogP contribution in [0.25, 0.3) is 82.4 Å². The van der Waals surface area contributed by atoms with Crippen LogP contribution in [-0.2, 0) is 0 Å². The van der Waals surface area contributed by atoms with E-state index < -0.39 is 0 Å². The average Bonchev–Trinajstić information content (AvgIpc) is 3.14. The third-order valence-electron chi connectivity index (χ3n) is 9.13. The van der Waals surface area contributed by atoms with E-state index in [0.29, 0.717) is 0 Å². The molecule has 0 atom stereocenters. The molecule has 1 aliphatic heterocycles. The molecule has 9 rings (SSSR count). The highest BCUT2D eigenvalue weighted by Gasteiger charge is 2.17. The van der Waals surface area contributed by atoms with Crippen molar-refractivity contribution < 1.29 is 0 Å². The van der Waals surface area contributed by atoms with Crippen molar-refractivity contribution in [3.8, 4) is 44.5 Å². The Hall–Kier alpha value is -6.13. The van der Waals surface area contributed by atoms with Gasteiger partial charge in [-0.15, -0.1) is 0 Å². The first kappa shape index (κ1) is 26.3. The van der Waals surface area contributed by atoms with Crippen molar-refractivity contribution in [2.24, 2.45) is 4.99 Å². The van der Waals surface area contributed by atoms with E-state index >= 15 is 0 Å². The predicted octanol–water partition coefficient (Wildman–Crippen LogP) is 10.0. The van der Waals surface area contributed by atoms with Crippen molar-refractivity contribution in [2.75, 3.05) is 6.54 Å². The van der Waals surface area contributed by atoms with Gasteiger partial charge >= 0.3 is 0 Å². The van der Waals surface area contributed by atoms with Crippen molar-refractivity contribution in [1.82, 2.24) is 15.3 Å². The van der Waals surface area contributed by atoms with E-state index in [1.165, 1.54) is 65.7 Å². The lowest BCUT2D eigenvalue weighted by Crippen LogP contribution is -2.16. The number of nitrogens with one attached hydrogen (secondary N) is 1. The van der Waals surface area contributed by atoms with Crippen LogP contribution in [0.2, 0.25) is 0 Å². The van der Waals surface area contributed by atoms with Gasteiger partial charge in [0.05, 0.1) is 6.34 Å². The Kier molecular flexibility index (Phi) is 6.17. The fourth-order valence-electron chi connectivity index (χ4n) is 6.93. The predicted molar refractivity (Wildman–Crippen MR) is 192 cm³/mol. The van der Waals surface area contributed by atoms with Crippen LogP contribution in [0.5, 0.6) is 0 Å². The number of hydrogen-bond acceptors (Lipinski definition) is 4. The van der Waals surface area contributed by atoms with Crippen LogP contribution in [0.4, 0.5) is 0 Å². The number of aromatic nitrogens is 2. The van der Waals surface area contributed by atoms with Crippen LogP contribution in [-0.4, -0.2) is 22.9 Å². The lowest BCUT2D eigenvalue weighted by Gasteiger charge is -2.18. The fourth-order valence-corrected chi connectivity index (χ4v) is 6.93. The standard InChI is InChI=1S/C42H28N4/c1-4-29(36-24-45-26-46-25-36)18-30(5-1)37-12-8-27-11-15-40-38(13-9-28-10-14-39(37)41(27)42(28)40)35-20-33(31-6-2-16-43-22-31)19-34(21-35)32-7-3-17-44-23-32/h1-24,26H,25H2,(H,45,46). The summed E-state index contributed by atoms with van der Waals surface area (Å²) in [5, 5.41) is 10.8. The molecule has 4 heteroatoms. The molecule has 46 heavy (non-hydrogen) atoms. The summed E-state index contributed by atoms with van der Waals surface area (Å²) in [6, 6.07) is 42.1. The molecule has 3 heterocycles. The minimum absolute atomic E-state index is 0.776. The molecule has 0 aliphatic carbocycles. The number of benzene rings is 6. The highest BCUT2D eigenvalue weighted by molar-refractivity contribution is 6.27. The van der Waals surface area contributed by atoms with Crippen molar-refractivity contribution in [3.05, 3.63) is 152 Å². The lowest BCUT2D eigenvalue weighted by molar-refractivity contribution is 1.06. The van der Waals surface area contributed by atoms with Crippen LogP contribution >= 0.6 is 0 Å². The molecule has 0 radical (unpaired) electrons. The molecule has 0 amide bonds. The zero-order valence-electron chi connectivity index (χ0n) is 25.0. The number of pyridine rings is 2. The number of aliphatic imine (C=N–C) groups is 1. The molecule has 0 unspecified atom stereocenters. The van der Waals surface area contributed by atoms with Crippen LogP contribution in [0.15, 0.2) is 151 Å². The Morgan fingerprint density at radius 3 is 1.61 bits per heavy atom. The second-order valence-electron chi connectivity index (χ2n) is 11.8. The molecule has 0 saturated heterocycles. The molecular formula is C42H28N4. The van der Waals surface area contributed by atoms with Gasteiger partial charge in [0, 0.05) is 48.7 Å². The Morgan fingerprint density at radius 2 is 1.02 bits per heavy atom. The third kappa shape index (κ3) is 4.42. The van der Waals surface area contributed by atoms with Gasteiger partial charge in [0.2, 0.25) is 0 Å². The molecule has 216 valence electrons. The first-order valence-corrected chi connectivity index (χ1v) is 15.5. The van der Waals surface area contributed by atoms with Gasteiger partial charge in [0.15, 0.2) is 0 Å². The first-order valence-electron chi connectivity index (χ1n) is 15.5. The maximum absolute atomic E-state index is 4.41. The van der Waals surface area contributed by atoms with Crippen molar-refractivity contribution in [2.45, 2.75) is 0 Å². The Morgan fingerprint density at radius 1 is 0.478 bits per heavy atom. The first-order chi connectivity index (χ1) is 22.8. The maximum Gasteiger partial charge on any atom is 0.0881 e. The molecular weight excluding hydrogens is 560 g/mol. The Bertz CT molecular complexity index is 2400. The lowest BCUT2D eigenvalue weighted by atomic mass is 9.86. The zero-order chi connectivity index (χ0) is 30.5. The summed E-state index contributed by atoms with van der Waals surface area (Å²) in [4.78, 5) is 13.1. The monoisotopic (exact) mass is 588 g/mol. The van der Waals surface area contributed by atoms with Crippen LogP contribution in [0.1, 0.15) is 5.56 Å². The van der Waals surface area contributed by atoms with Crippen molar-refractivity contribution in [1.29, 1.82) is 0 Å². The number of hydrogen-bond donors (Lipinski definition) is 1. The summed E-state index contributed by atoms with van der Waals surface area (Å²) in [5.74, 6) is 0. The van der Waals surface area contributed by atoms with E-state index in [9.17, 15) is 0 Å². The second-order valence-corrected chi connectivity index (χ2v) is 11.8. The second kappa shape index (κ2) is 10.8. The summed E-state index contributed by atoms with van der Waals surface area (Å²) in [6.45, 7) is 0.776. The molecule has 8 aromatic rings. The van der Waals surface area contributed by atoms with E-state index in [0.717, 1.165) is 28.8 Å². The summed E-state index contributed by atoms with van der Waals surface area (Å²) in [5.41, 5.74) is 11.6. The van der Waals surface area contributed by atoms with Crippen molar-refractivity contribution >= 4 is 44.2 Å². The SMILES string of the molecule is C1=NC=C(c2cccc(-c3ccc4ccc5c(-c6cc(-c7cccnc7)cc(-c7cccnc7)c6)ccc6ccc3c4c65)c2)CN1. The Balaban J connectivity index is 1.26. The fraction of sp³-hybridized carbons (Fsp3) is 0.0238. The molecule has 6 aromatic carbocycles. The quantitative estimate of drug-likeness (QED) is 0.204. The van der Waals surface area contributed by atoms with E-state index in [1.807, 2.05) is 43.1 Å². The van der Waals surface area contributed by atoms with Gasteiger partial charge < -0.3 is 5.32 Å². The molecule has 0 spiro atoms. The molecule has 1 aliphatic rings. The summed E-state index contributed by atoms with van der Waals surface area (Å²) in [6.07, 6.45) is 11.2. The Labute approximate surface area is 266 Å². The summed E-state index contributed by atoms with van der Waals surface area (Å²) in [7, 11) is 0. The molecule has 0 bridgehead atoms. The smallest absolute Gasteiger partial charge is 0.0881 e. The number of rotatable bonds is 5. The van der Waals surface area contributed by atoms with Gasteiger partial charge in [-0.2, -0.15) is 0 Å². The van der Waals surface area contributed by atoms with Crippen LogP contribution in [0.3, 0.4) is 0 Å². The largest absolute Gasteiger partial charge is 0.372 e. The van der Waals surface area contributed by atoms with Gasteiger partial charge in [-0.1, -0.05) is 78.9 Å². The summed E-state index contributed by atoms with van der Waals surface area (Å²) >= 11 is 0. The molecule has 2 aromatic heterocycles. The number of nitrogens with zero attached hydrogens (tertiary/aromatic N) is 3. The van der Waals surface area contributed by atoms with Crippen LogP contribution in [0, 0.1) is 0 Å². The molecule has 0 saturated carbocycles. The van der Waals surface area contributed by atoms with Crippen LogP contribution < -0.4 is 5.32 Å². The van der Waals surface area contributed by atoms with Gasteiger partial charge in [-0.25, -0.2) is 4.99 Å². The van der Waals surface area contributed by atoms with Gasteiger partial charge in [-0.3, -0.25) is 9.97 Å². The minimum Gasteiger partial charge on any atom is -0.372 e. The minimum atomic E-state index is 0.776. The highest BCUT2D eigenvalue weighted by Crippen LogP contribution is 2.43. The van der Waals surface area contributed by atoms with Gasteiger partial charge in [-0.05, 0) is 113 Å². The van der Waals surface area contributed by atoms with E-state index in [-0.39, 0.29) is 0 Å². The molecule has 4 nitrogen and oxygen atoms in total. The van der Waals surface area contributed by atoms with E-state index in [1.54, 1.807) is 6.34 Å².